The molecule has 2 rings (SSSR count). The molecule has 2 N–H and O–H groups in total. The molecule has 0 saturated heterocycles. The fourth-order valence-corrected chi connectivity index (χ4v) is 1.57. The molecule has 17 heavy (non-hydrogen) atoms. The highest BCUT2D eigenvalue weighted by molar-refractivity contribution is 5.85. The molecule has 0 aliphatic heterocycles. The van der Waals surface area contributed by atoms with Gasteiger partial charge in [0.05, 0.1) is 5.69 Å². The van der Waals surface area contributed by atoms with Gasteiger partial charge in [0, 0.05) is 17.6 Å². The lowest BCUT2D eigenvalue weighted by atomic mass is 10.0. The summed E-state index contributed by atoms with van der Waals surface area (Å²) in [6.45, 7) is 5.69. The fraction of sp³-hybridized carbons (Fsp3) is 0.154. The minimum Gasteiger partial charge on any atom is -0.324 e. The van der Waals surface area contributed by atoms with Crippen molar-refractivity contribution in [3.63, 3.8) is 0 Å². The second-order valence-corrected chi connectivity index (χ2v) is 3.71. The normalized spacial score (nSPS) is 11.2. The molecule has 0 bridgehead atoms. The van der Waals surface area contributed by atoms with Gasteiger partial charge in [-0.2, -0.15) is 0 Å². The van der Waals surface area contributed by atoms with Crippen LogP contribution >= 0.6 is 24.8 Å². The van der Waals surface area contributed by atoms with Crippen LogP contribution in [0.15, 0.2) is 37.0 Å². The maximum Gasteiger partial charge on any atom is 0.0630 e. The maximum absolute atomic E-state index is 5.84. The van der Waals surface area contributed by atoms with Crippen molar-refractivity contribution in [3.05, 3.63) is 48.3 Å². The smallest absolute Gasteiger partial charge is 0.0630 e. The van der Waals surface area contributed by atoms with E-state index in [4.69, 9.17) is 5.73 Å². The average Bonchev–Trinajstić information content (AvgIpc) is 2.27. The highest BCUT2D eigenvalue weighted by Crippen LogP contribution is 2.19. The van der Waals surface area contributed by atoms with Gasteiger partial charge in [0.15, 0.2) is 0 Å². The number of nitrogens with two attached hydrogens (primary N) is 1. The second kappa shape index (κ2) is 6.60. The molecule has 1 atom stereocenters. The Balaban J connectivity index is 0.00000128. The molecule has 0 radical (unpaired) electrons. The molecule has 0 spiro atoms. The number of rotatable bonds is 2. The monoisotopic (exact) mass is 270 g/mol. The van der Waals surface area contributed by atoms with Gasteiger partial charge in [-0.1, -0.05) is 18.7 Å². The topological polar surface area (TPSA) is 38.9 Å². The summed E-state index contributed by atoms with van der Waals surface area (Å²) in [7, 11) is 0. The molecular formula is C13H16Cl2N2. The molecular weight excluding hydrogens is 255 g/mol. The van der Waals surface area contributed by atoms with Crippen molar-refractivity contribution in [3.8, 4) is 0 Å². The molecule has 0 amide bonds. The quantitative estimate of drug-likeness (QED) is 0.903. The zero-order valence-corrected chi connectivity index (χ0v) is 11.2. The first-order valence-electron chi connectivity index (χ1n) is 4.98. The standard InChI is InChI=1S/C13H14N2.2ClH/c1-3-13-7-12-6-10(9(2)14)4-5-11(12)8-15-13;;/h3-9H,1,14H2,2H3;2*1H. The van der Waals surface area contributed by atoms with Crippen LogP contribution in [-0.4, -0.2) is 4.98 Å². The summed E-state index contributed by atoms with van der Waals surface area (Å²) in [5, 5.41) is 2.29. The number of pyridine rings is 1. The Morgan fingerprint density at radius 1 is 1.24 bits per heavy atom. The van der Waals surface area contributed by atoms with E-state index in [0.717, 1.165) is 22.0 Å². The van der Waals surface area contributed by atoms with Crippen molar-refractivity contribution in [2.24, 2.45) is 5.73 Å². The van der Waals surface area contributed by atoms with Gasteiger partial charge in [-0.15, -0.1) is 24.8 Å². The van der Waals surface area contributed by atoms with Gasteiger partial charge in [0.2, 0.25) is 0 Å². The number of hydrogen-bond acceptors (Lipinski definition) is 2. The number of nitrogens with zero attached hydrogens (tertiary/aromatic N) is 1. The average molecular weight is 271 g/mol. The largest absolute Gasteiger partial charge is 0.324 e. The third-order valence-corrected chi connectivity index (χ3v) is 2.50. The predicted octanol–water partition coefficient (Wildman–Crippen LogP) is 3.74. The van der Waals surface area contributed by atoms with E-state index < -0.39 is 0 Å². The van der Waals surface area contributed by atoms with Crippen molar-refractivity contribution in [1.29, 1.82) is 0 Å². The van der Waals surface area contributed by atoms with E-state index in [1.165, 1.54) is 0 Å². The molecule has 0 aliphatic rings. The molecule has 1 aromatic carbocycles. The summed E-state index contributed by atoms with van der Waals surface area (Å²) in [4.78, 5) is 4.25. The van der Waals surface area contributed by atoms with E-state index in [1.54, 1.807) is 6.08 Å². The summed E-state index contributed by atoms with van der Waals surface area (Å²) >= 11 is 0. The summed E-state index contributed by atoms with van der Waals surface area (Å²) in [5.41, 5.74) is 7.87. The van der Waals surface area contributed by atoms with E-state index in [0.29, 0.717) is 0 Å². The lowest BCUT2D eigenvalue weighted by Gasteiger charge is -2.07. The molecule has 0 saturated carbocycles. The van der Waals surface area contributed by atoms with Crippen LogP contribution in [0, 0.1) is 0 Å². The Bertz CT molecular complexity index is 510. The molecule has 1 heterocycles. The zero-order chi connectivity index (χ0) is 10.8. The first kappa shape index (κ1) is 15.9. The maximum atomic E-state index is 5.84. The van der Waals surface area contributed by atoms with E-state index in [-0.39, 0.29) is 30.9 Å². The Morgan fingerprint density at radius 3 is 2.53 bits per heavy atom. The van der Waals surface area contributed by atoms with E-state index in [9.17, 15) is 0 Å². The first-order valence-corrected chi connectivity index (χ1v) is 4.98. The Kier molecular flexibility index (Phi) is 6.18. The van der Waals surface area contributed by atoms with Crippen LogP contribution in [-0.2, 0) is 0 Å². The van der Waals surface area contributed by atoms with Crippen LogP contribution in [0.3, 0.4) is 0 Å². The summed E-state index contributed by atoms with van der Waals surface area (Å²) in [6, 6.07) is 8.29. The van der Waals surface area contributed by atoms with Gasteiger partial charge < -0.3 is 5.73 Å². The highest BCUT2D eigenvalue weighted by Gasteiger charge is 2.01. The zero-order valence-electron chi connectivity index (χ0n) is 9.59. The van der Waals surface area contributed by atoms with E-state index in [1.807, 2.05) is 31.3 Å². The Hall–Kier alpha value is -1.09. The van der Waals surface area contributed by atoms with Gasteiger partial charge in [0.1, 0.15) is 0 Å². The van der Waals surface area contributed by atoms with Gasteiger partial charge >= 0.3 is 0 Å². The number of aromatic nitrogens is 1. The summed E-state index contributed by atoms with van der Waals surface area (Å²) in [5.74, 6) is 0. The van der Waals surface area contributed by atoms with Gasteiger partial charge in [-0.05, 0) is 36.1 Å². The first-order chi connectivity index (χ1) is 7.20. The van der Waals surface area contributed by atoms with Crippen LogP contribution in [0.5, 0.6) is 0 Å². The lowest BCUT2D eigenvalue weighted by molar-refractivity contribution is 0.820. The number of benzene rings is 1. The van der Waals surface area contributed by atoms with Crippen LogP contribution < -0.4 is 5.73 Å². The minimum absolute atomic E-state index is 0. The van der Waals surface area contributed by atoms with Crippen molar-refractivity contribution in [2.75, 3.05) is 0 Å². The number of fused-ring (bicyclic) bond motifs is 1. The van der Waals surface area contributed by atoms with Crippen LogP contribution in [0.4, 0.5) is 0 Å². The van der Waals surface area contributed by atoms with Crippen molar-refractivity contribution in [2.45, 2.75) is 13.0 Å². The lowest BCUT2D eigenvalue weighted by Crippen LogP contribution is -2.04. The van der Waals surface area contributed by atoms with E-state index in [2.05, 4.69) is 17.6 Å². The van der Waals surface area contributed by atoms with Gasteiger partial charge in [-0.25, -0.2) is 0 Å². The SMILES string of the molecule is C=Cc1cc2cc(C(C)N)ccc2cn1.Cl.Cl. The molecule has 0 aliphatic carbocycles. The van der Waals surface area contributed by atoms with Crippen LogP contribution in [0.1, 0.15) is 24.2 Å². The van der Waals surface area contributed by atoms with Crippen LogP contribution in [0.2, 0.25) is 0 Å². The Labute approximate surface area is 114 Å². The Morgan fingerprint density at radius 2 is 1.94 bits per heavy atom. The predicted molar refractivity (Wildman–Crippen MR) is 78.9 cm³/mol. The molecule has 4 heteroatoms. The molecule has 2 nitrogen and oxygen atoms in total. The van der Waals surface area contributed by atoms with Gasteiger partial charge in [-0.3, -0.25) is 4.98 Å². The summed E-state index contributed by atoms with van der Waals surface area (Å²) < 4.78 is 0. The van der Waals surface area contributed by atoms with Crippen LogP contribution in [0.25, 0.3) is 16.8 Å². The highest BCUT2D eigenvalue weighted by atomic mass is 35.5. The van der Waals surface area contributed by atoms with Crippen molar-refractivity contribution in [1.82, 2.24) is 4.98 Å². The van der Waals surface area contributed by atoms with Gasteiger partial charge in [0.25, 0.3) is 0 Å². The third kappa shape index (κ3) is 3.43. The fourth-order valence-electron chi connectivity index (χ4n) is 1.57. The summed E-state index contributed by atoms with van der Waals surface area (Å²) in [6.07, 6.45) is 3.61. The third-order valence-electron chi connectivity index (χ3n) is 2.50. The molecule has 0 fully saturated rings. The number of hydrogen-bond donors (Lipinski definition) is 1. The minimum atomic E-state index is 0. The van der Waals surface area contributed by atoms with Crippen molar-refractivity contribution < 1.29 is 0 Å². The van der Waals surface area contributed by atoms with E-state index >= 15 is 0 Å². The molecule has 92 valence electrons. The molecule has 2 aromatic rings. The number of halogens is 2. The molecule has 1 aromatic heterocycles. The molecule has 1 unspecified atom stereocenters. The second-order valence-electron chi connectivity index (χ2n) is 3.71. The van der Waals surface area contributed by atoms with Crippen molar-refractivity contribution >= 4 is 41.7 Å².